The molecule has 0 saturated carbocycles. The second-order valence-corrected chi connectivity index (χ2v) is 9.35. The topological polar surface area (TPSA) is 85.7 Å². The van der Waals surface area contributed by atoms with E-state index in [2.05, 4.69) is 19.2 Å². The minimum atomic E-state index is -4.80. The zero-order valence-electron chi connectivity index (χ0n) is 20.6. The zero-order chi connectivity index (χ0) is 26.7. The van der Waals surface area contributed by atoms with E-state index < -0.39 is 34.8 Å². The Labute approximate surface area is 208 Å². The van der Waals surface area contributed by atoms with E-state index in [0.29, 0.717) is 24.3 Å². The number of imide groups is 1. The van der Waals surface area contributed by atoms with Gasteiger partial charge in [-0.05, 0) is 56.2 Å². The highest BCUT2D eigenvalue weighted by Gasteiger charge is 2.51. The molecule has 1 aliphatic heterocycles. The first-order valence-corrected chi connectivity index (χ1v) is 11.6. The Morgan fingerprint density at radius 3 is 2.36 bits per heavy atom. The van der Waals surface area contributed by atoms with Crippen LogP contribution < -0.4 is 15.0 Å². The highest BCUT2D eigenvalue weighted by Crippen LogP contribution is 2.37. The van der Waals surface area contributed by atoms with Gasteiger partial charge in [0.2, 0.25) is 0 Å². The van der Waals surface area contributed by atoms with Gasteiger partial charge in [0.15, 0.2) is 0 Å². The number of rotatable bonds is 9. The van der Waals surface area contributed by atoms with Gasteiger partial charge in [-0.3, -0.25) is 4.79 Å². The number of nitriles is 1. The van der Waals surface area contributed by atoms with Crippen LogP contribution in [0.25, 0.3) is 0 Å². The summed E-state index contributed by atoms with van der Waals surface area (Å²) in [5, 5.41) is 12.3. The van der Waals surface area contributed by atoms with Crippen molar-refractivity contribution in [3.63, 3.8) is 0 Å². The Bertz CT molecular complexity index is 1150. The number of ether oxygens (including phenoxy) is 1. The van der Waals surface area contributed by atoms with Crippen LogP contribution in [0.1, 0.15) is 50.8 Å². The average molecular weight is 503 g/mol. The summed E-state index contributed by atoms with van der Waals surface area (Å²) >= 11 is 0. The molecule has 1 heterocycles. The maximum atomic E-state index is 13.4. The third kappa shape index (κ3) is 5.79. The van der Waals surface area contributed by atoms with Crippen LogP contribution in [0.5, 0.6) is 5.75 Å². The molecule has 0 aliphatic carbocycles. The summed E-state index contributed by atoms with van der Waals surface area (Å²) in [6.07, 6.45) is -4.39. The number of alkyl halides is 3. The molecule has 2 aromatic carbocycles. The van der Waals surface area contributed by atoms with Gasteiger partial charge in [-0.2, -0.15) is 18.4 Å². The molecular weight excluding hydrogens is 473 g/mol. The SMILES string of the molecule is CC(C)NCc1ccc(OCCCN2C(=O)N(c3ccc(C#N)c(C(F)(F)F)c3)C(=O)C2(C)C)cc1. The number of nitrogens with one attached hydrogen (secondary N) is 1. The average Bonchev–Trinajstić information content (AvgIpc) is 2.98. The standard InChI is InChI=1S/C26H29F3N4O3/c1-17(2)31-16-18-6-10-21(11-7-18)36-13-5-12-32-24(35)33(23(34)25(32,3)4)20-9-8-19(15-30)22(14-20)26(27,28)29/h6-11,14,17,31H,5,12-13,16H2,1-4H3. The van der Waals surface area contributed by atoms with Crippen molar-refractivity contribution in [1.82, 2.24) is 10.2 Å². The maximum absolute atomic E-state index is 13.4. The minimum Gasteiger partial charge on any atom is -0.494 e. The Morgan fingerprint density at radius 2 is 1.78 bits per heavy atom. The number of carbonyl (C=O) groups is 2. The van der Waals surface area contributed by atoms with Crippen molar-refractivity contribution in [3.05, 3.63) is 59.2 Å². The van der Waals surface area contributed by atoms with Crippen LogP contribution in [-0.4, -0.2) is 41.6 Å². The highest BCUT2D eigenvalue weighted by atomic mass is 19.4. The predicted molar refractivity (Wildman–Crippen MR) is 128 cm³/mol. The smallest absolute Gasteiger partial charge is 0.417 e. The number of hydrogen-bond donors (Lipinski definition) is 1. The molecule has 36 heavy (non-hydrogen) atoms. The fraction of sp³-hybridized carbons (Fsp3) is 0.423. The van der Waals surface area contributed by atoms with Gasteiger partial charge >= 0.3 is 12.2 Å². The molecule has 3 amide bonds. The van der Waals surface area contributed by atoms with Crippen molar-refractivity contribution in [2.75, 3.05) is 18.1 Å². The number of anilines is 1. The van der Waals surface area contributed by atoms with E-state index >= 15 is 0 Å². The first kappa shape index (κ1) is 27.0. The lowest BCUT2D eigenvalue weighted by molar-refractivity contribution is -0.137. The molecule has 192 valence electrons. The van der Waals surface area contributed by atoms with E-state index in [4.69, 9.17) is 10.00 Å². The molecule has 1 N–H and O–H groups in total. The number of hydrogen-bond acceptors (Lipinski definition) is 5. The lowest BCUT2D eigenvalue weighted by Crippen LogP contribution is -2.44. The van der Waals surface area contributed by atoms with Gasteiger partial charge in [-0.1, -0.05) is 26.0 Å². The minimum absolute atomic E-state index is 0.173. The number of carbonyl (C=O) groups excluding carboxylic acids is 2. The summed E-state index contributed by atoms with van der Waals surface area (Å²) in [6.45, 7) is 8.44. The van der Waals surface area contributed by atoms with Crippen LogP contribution >= 0.6 is 0 Å². The molecule has 0 bridgehead atoms. The molecule has 0 spiro atoms. The van der Waals surface area contributed by atoms with Crippen LogP contribution in [0.4, 0.5) is 23.7 Å². The fourth-order valence-electron chi connectivity index (χ4n) is 3.88. The van der Waals surface area contributed by atoms with E-state index in [1.807, 2.05) is 24.3 Å². The maximum Gasteiger partial charge on any atom is 0.417 e. The van der Waals surface area contributed by atoms with Gasteiger partial charge < -0.3 is 15.0 Å². The van der Waals surface area contributed by atoms with Crippen LogP contribution in [-0.2, 0) is 17.5 Å². The van der Waals surface area contributed by atoms with Crippen LogP contribution in [0.3, 0.4) is 0 Å². The van der Waals surface area contributed by atoms with E-state index in [1.54, 1.807) is 13.8 Å². The van der Waals surface area contributed by atoms with Crippen molar-refractivity contribution in [3.8, 4) is 11.8 Å². The summed E-state index contributed by atoms with van der Waals surface area (Å²) in [7, 11) is 0. The van der Waals surface area contributed by atoms with Crippen LogP contribution in [0, 0.1) is 11.3 Å². The third-order valence-electron chi connectivity index (χ3n) is 5.94. The van der Waals surface area contributed by atoms with E-state index in [9.17, 15) is 22.8 Å². The van der Waals surface area contributed by atoms with E-state index in [-0.39, 0.29) is 18.8 Å². The molecule has 10 heteroatoms. The Morgan fingerprint density at radius 1 is 1.11 bits per heavy atom. The molecule has 0 radical (unpaired) electrons. The summed E-state index contributed by atoms with van der Waals surface area (Å²) in [6, 6.07) is 11.6. The Kier molecular flexibility index (Phi) is 7.94. The fourth-order valence-corrected chi connectivity index (χ4v) is 3.88. The lowest BCUT2D eigenvalue weighted by Gasteiger charge is -2.27. The van der Waals surface area contributed by atoms with E-state index in [1.165, 1.54) is 17.0 Å². The number of urea groups is 1. The molecule has 2 aromatic rings. The van der Waals surface area contributed by atoms with Gasteiger partial charge in [0.1, 0.15) is 11.3 Å². The summed E-state index contributed by atoms with van der Waals surface area (Å²) in [5.74, 6) is 0.0297. The molecule has 7 nitrogen and oxygen atoms in total. The monoisotopic (exact) mass is 502 g/mol. The highest BCUT2D eigenvalue weighted by molar-refractivity contribution is 6.23. The van der Waals surface area contributed by atoms with Crippen LogP contribution in [0.2, 0.25) is 0 Å². The van der Waals surface area contributed by atoms with Crippen molar-refractivity contribution >= 4 is 17.6 Å². The lowest BCUT2D eigenvalue weighted by atomic mass is 10.0. The normalized spacial score (nSPS) is 15.5. The second kappa shape index (κ2) is 10.6. The molecular formula is C26H29F3N4O3. The summed E-state index contributed by atoms with van der Waals surface area (Å²) in [5.41, 5.74) is -2.14. The first-order chi connectivity index (χ1) is 16.9. The first-order valence-electron chi connectivity index (χ1n) is 11.6. The number of benzene rings is 2. The van der Waals surface area contributed by atoms with Gasteiger partial charge in [-0.15, -0.1) is 0 Å². The van der Waals surface area contributed by atoms with Gasteiger partial charge in [-0.25, -0.2) is 9.69 Å². The second-order valence-electron chi connectivity index (χ2n) is 9.35. The van der Waals surface area contributed by atoms with Crippen molar-refractivity contribution < 1.29 is 27.5 Å². The van der Waals surface area contributed by atoms with Crippen molar-refractivity contribution in [2.45, 2.75) is 58.4 Å². The quantitative estimate of drug-likeness (QED) is 0.381. The van der Waals surface area contributed by atoms with Crippen molar-refractivity contribution in [1.29, 1.82) is 5.26 Å². The molecule has 1 fully saturated rings. The molecule has 1 saturated heterocycles. The molecule has 0 unspecified atom stereocenters. The number of nitrogens with zero attached hydrogens (tertiary/aromatic N) is 3. The Balaban J connectivity index is 1.65. The predicted octanol–water partition coefficient (Wildman–Crippen LogP) is 5.09. The van der Waals surface area contributed by atoms with Gasteiger partial charge in [0, 0.05) is 19.1 Å². The molecule has 3 rings (SSSR count). The molecule has 0 aromatic heterocycles. The van der Waals surface area contributed by atoms with Gasteiger partial charge in [0.25, 0.3) is 5.91 Å². The summed E-state index contributed by atoms with van der Waals surface area (Å²) in [4.78, 5) is 28.2. The third-order valence-corrected chi connectivity index (χ3v) is 5.94. The largest absolute Gasteiger partial charge is 0.494 e. The van der Waals surface area contributed by atoms with Crippen molar-refractivity contribution in [2.24, 2.45) is 0 Å². The van der Waals surface area contributed by atoms with Crippen LogP contribution in [0.15, 0.2) is 42.5 Å². The summed E-state index contributed by atoms with van der Waals surface area (Å²) < 4.78 is 45.9. The molecule has 1 aliphatic rings. The van der Waals surface area contributed by atoms with E-state index in [0.717, 1.165) is 23.1 Å². The molecule has 0 atom stereocenters. The Hall–Kier alpha value is -3.58. The number of amides is 3. The number of halogens is 3. The zero-order valence-corrected chi connectivity index (χ0v) is 20.6. The van der Waals surface area contributed by atoms with Gasteiger partial charge in [0.05, 0.1) is 29.5 Å².